The van der Waals surface area contributed by atoms with Crippen molar-refractivity contribution in [2.75, 3.05) is 0 Å². The van der Waals surface area contributed by atoms with Gasteiger partial charge in [-0.15, -0.1) is 0 Å². The van der Waals surface area contributed by atoms with Gasteiger partial charge in [0.1, 0.15) is 0 Å². The third-order valence-corrected chi connectivity index (χ3v) is 4.35. The molecule has 1 heteroatoms. The quantitative estimate of drug-likeness (QED) is 0.838. The zero-order valence-corrected chi connectivity index (χ0v) is 12.6. The topological polar surface area (TPSA) is 20.2 Å². The molecule has 1 N–H and O–H groups in total. The number of aliphatic hydroxyl groups is 1. The second kappa shape index (κ2) is 6.23. The molecule has 0 amide bonds. The van der Waals surface area contributed by atoms with Gasteiger partial charge in [0.2, 0.25) is 0 Å². The van der Waals surface area contributed by atoms with Gasteiger partial charge in [-0.2, -0.15) is 0 Å². The summed E-state index contributed by atoms with van der Waals surface area (Å²) in [6, 6.07) is 20.4. The molecule has 0 aliphatic carbocycles. The van der Waals surface area contributed by atoms with Crippen LogP contribution in [0.3, 0.4) is 0 Å². The fraction of sp³-hybridized carbons (Fsp3) is 0.368. The largest absolute Gasteiger partial charge is 0.388 e. The summed E-state index contributed by atoms with van der Waals surface area (Å²) in [5, 5.41) is 10.6. The molecule has 2 aromatic carbocycles. The van der Waals surface area contributed by atoms with Crippen LogP contribution in [0, 0.1) is 11.3 Å². The number of aliphatic hydroxyl groups excluding tert-OH is 1. The highest BCUT2D eigenvalue weighted by atomic mass is 16.3. The number of benzene rings is 2. The molecule has 0 aliphatic rings. The molecule has 0 radical (unpaired) electrons. The lowest BCUT2D eigenvalue weighted by Gasteiger charge is -2.35. The van der Waals surface area contributed by atoms with E-state index in [0.717, 1.165) is 12.0 Å². The summed E-state index contributed by atoms with van der Waals surface area (Å²) >= 11 is 0. The Morgan fingerprint density at radius 1 is 0.900 bits per heavy atom. The summed E-state index contributed by atoms with van der Waals surface area (Å²) in [6.07, 6.45) is 0.550. The molecule has 1 nitrogen and oxygen atoms in total. The monoisotopic (exact) mass is 268 g/mol. The molecule has 0 aromatic heterocycles. The Bertz CT molecular complexity index is 516. The average Bonchev–Trinajstić information content (AvgIpc) is 2.47. The van der Waals surface area contributed by atoms with Crippen molar-refractivity contribution in [3.8, 4) is 0 Å². The lowest BCUT2D eigenvalue weighted by Crippen LogP contribution is -2.29. The number of hydrogen-bond donors (Lipinski definition) is 1. The van der Waals surface area contributed by atoms with Gasteiger partial charge in [-0.05, 0) is 28.9 Å². The standard InChI is InChI=1S/C19H24O/c1-15(18(20)17-12-8-5-9-13-17)19(2,3)14-16-10-6-4-7-11-16/h4-13,15,18,20H,14H2,1-3H3/t15-,18-/m0/s1. The zero-order chi connectivity index (χ0) is 14.6. The molecule has 0 unspecified atom stereocenters. The van der Waals surface area contributed by atoms with Crippen molar-refractivity contribution >= 4 is 0 Å². The third-order valence-electron chi connectivity index (χ3n) is 4.35. The van der Waals surface area contributed by atoms with Crippen LogP contribution in [0.1, 0.15) is 38.0 Å². The van der Waals surface area contributed by atoms with E-state index in [9.17, 15) is 5.11 Å². The second-order valence-electron chi connectivity index (χ2n) is 6.30. The van der Waals surface area contributed by atoms with Gasteiger partial charge in [0.25, 0.3) is 0 Å². The average molecular weight is 268 g/mol. The van der Waals surface area contributed by atoms with Gasteiger partial charge < -0.3 is 5.11 Å². The second-order valence-corrected chi connectivity index (χ2v) is 6.30. The molecular formula is C19H24O. The smallest absolute Gasteiger partial charge is 0.0820 e. The van der Waals surface area contributed by atoms with Gasteiger partial charge >= 0.3 is 0 Å². The molecule has 2 rings (SSSR count). The molecule has 0 saturated heterocycles. The van der Waals surface area contributed by atoms with Crippen LogP contribution < -0.4 is 0 Å². The highest BCUT2D eigenvalue weighted by Crippen LogP contribution is 2.38. The van der Waals surface area contributed by atoms with E-state index >= 15 is 0 Å². The Morgan fingerprint density at radius 3 is 1.95 bits per heavy atom. The summed E-state index contributed by atoms with van der Waals surface area (Å²) in [6.45, 7) is 6.61. The highest BCUT2D eigenvalue weighted by molar-refractivity contribution is 5.20. The summed E-state index contributed by atoms with van der Waals surface area (Å²) in [5.41, 5.74) is 2.36. The fourth-order valence-electron chi connectivity index (χ4n) is 2.65. The van der Waals surface area contributed by atoms with Crippen molar-refractivity contribution in [3.05, 3.63) is 71.8 Å². The minimum absolute atomic E-state index is 0.0383. The van der Waals surface area contributed by atoms with E-state index in [0.29, 0.717) is 0 Å². The normalized spacial score (nSPS) is 14.8. The van der Waals surface area contributed by atoms with Crippen molar-refractivity contribution in [3.63, 3.8) is 0 Å². The fourth-order valence-corrected chi connectivity index (χ4v) is 2.65. The summed E-state index contributed by atoms with van der Waals surface area (Å²) < 4.78 is 0. The maximum atomic E-state index is 10.6. The summed E-state index contributed by atoms with van der Waals surface area (Å²) in [7, 11) is 0. The maximum Gasteiger partial charge on any atom is 0.0820 e. The minimum Gasteiger partial charge on any atom is -0.388 e. The number of hydrogen-bond acceptors (Lipinski definition) is 1. The Hall–Kier alpha value is -1.60. The summed E-state index contributed by atoms with van der Waals surface area (Å²) in [4.78, 5) is 0. The first-order chi connectivity index (χ1) is 9.50. The van der Waals surface area contributed by atoms with E-state index in [1.165, 1.54) is 5.56 Å². The van der Waals surface area contributed by atoms with Crippen LogP contribution >= 0.6 is 0 Å². The molecule has 0 saturated carbocycles. The van der Waals surface area contributed by atoms with Crippen LogP contribution in [0.4, 0.5) is 0 Å². The van der Waals surface area contributed by atoms with E-state index < -0.39 is 6.10 Å². The lowest BCUT2D eigenvalue weighted by atomic mass is 9.71. The van der Waals surface area contributed by atoms with Crippen molar-refractivity contribution in [1.82, 2.24) is 0 Å². The molecule has 106 valence electrons. The van der Waals surface area contributed by atoms with Crippen molar-refractivity contribution < 1.29 is 5.11 Å². The Balaban J connectivity index is 2.12. The molecule has 0 heterocycles. The van der Waals surface area contributed by atoms with Gasteiger partial charge in [0.05, 0.1) is 6.10 Å². The first-order valence-electron chi connectivity index (χ1n) is 7.27. The van der Waals surface area contributed by atoms with E-state index in [-0.39, 0.29) is 11.3 Å². The molecule has 0 aliphatic heterocycles. The van der Waals surface area contributed by atoms with Crippen LogP contribution in [-0.2, 0) is 6.42 Å². The lowest BCUT2D eigenvalue weighted by molar-refractivity contribution is 0.0444. The zero-order valence-electron chi connectivity index (χ0n) is 12.6. The van der Waals surface area contributed by atoms with Gasteiger partial charge in [0, 0.05) is 0 Å². The third kappa shape index (κ3) is 3.49. The van der Waals surface area contributed by atoms with Gasteiger partial charge in [-0.1, -0.05) is 81.4 Å². The van der Waals surface area contributed by atoms with Crippen LogP contribution in [0.5, 0.6) is 0 Å². The predicted octanol–water partition coefficient (Wildman–Crippen LogP) is 4.63. The first-order valence-corrected chi connectivity index (χ1v) is 7.27. The molecular weight excluding hydrogens is 244 g/mol. The highest BCUT2D eigenvalue weighted by Gasteiger charge is 2.32. The molecule has 0 bridgehead atoms. The van der Waals surface area contributed by atoms with E-state index in [1.807, 2.05) is 36.4 Å². The molecule has 20 heavy (non-hydrogen) atoms. The minimum atomic E-state index is -0.421. The summed E-state index contributed by atoms with van der Waals surface area (Å²) in [5.74, 6) is 0.185. The van der Waals surface area contributed by atoms with E-state index in [2.05, 4.69) is 45.0 Å². The van der Waals surface area contributed by atoms with Crippen LogP contribution in [0.15, 0.2) is 60.7 Å². The number of rotatable bonds is 5. The Kier molecular flexibility index (Phi) is 4.61. The van der Waals surface area contributed by atoms with Gasteiger partial charge in [-0.3, -0.25) is 0 Å². The first kappa shape index (κ1) is 14.8. The van der Waals surface area contributed by atoms with Crippen LogP contribution in [0.25, 0.3) is 0 Å². The van der Waals surface area contributed by atoms with Crippen molar-refractivity contribution in [2.24, 2.45) is 11.3 Å². The van der Waals surface area contributed by atoms with Crippen molar-refractivity contribution in [1.29, 1.82) is 0 Å². The Morgan fingerprint density at radius 2 is 1.40 bits per heavy atom. The van der Waals surface area contributed by atoms with Crippen molar-refractivity contribution in [2.45, 2.75) is 33.3 Å². The van der Waals surface area contributed by atoms with Gasteiger partial charge in [0.15, 0.2) is 0 Å². The van der Waals surface area contributed by atoms with Crippen LogP contribution in [-0.4, -0.2) is 5.11 Å². The molecule has 2 aromatic rings. The molecule has 0 fully saturated rings. The molecule has 0 spiro atoms. The van der Waals surface area contributed by atoms with E-state index in [1.54, 1.807) is 0 Å². The predicted molar refractivity (Wildman–Crippen MR) is 84.5 cm³/mol. The Labute approximate surface area is 122 Å². The van der Waals surface area contributed by atoms with E-state index in [4.69, 9.17) is 0 Å². The molecule has 2 atom stereocenters. The van der Waals surface area contributed by atoms with Crippen LogP contribution in [0.2, 0.25) is 0 Å². The maximum absolute atomic E-state index is 10.6. The van der Waals surface area contributed by atoms with Gasteiger partial charge in [-0.25, -0.2) is 0 Å². The SMILES string of the molecule is C[C@@H]([C@H](O)c1ccccc1)C(C)(C)Cc1ccccc1.